The van der Waals surface area contributed by atoms with Crippen LogP contribution in [0.2, 0.25) is 0 Å². The van der Waals surface area contributed by atoms with Crippen molar-refractivity contribution in [2.75, 3.05) is 5.32 Å². The molecule has 0 radical (unpaired) electrons. The van der Waals surface area contributed by atoms with E-state index in [1.807, 2.05) is 84.9 Å². The maximum Gasteiger partial charge on any atom is 0.165 e. The number of Topliss-reactive ketones (excluding diaryl/α,β-unsaturated/α-hetero) is 1. The summed E-state index contributed by atoms with van der Waals surface area (Å²) in [4.78, 5) is 17.6. The SMILES string of the molecule is O=C(CC1Nc2ccccc2N=C1c1ccccc1)c1ccccc1. The van der Waals surface area contributed by atoms with Gasteiger partial charge in [-0.25, -0.2) is 4.99 Å². The summed E-state index contributed by atoms with van der Waals surface area (Å²) in [5, 5.41) is 3.49. The van der Waals surface area contributed by atoms with Crippen molar-refractivity contribution in [1.82, 2.24) is 0 Å². The van der Waals surface area contributed by atoms with E-state index in [4.69, 9.17) is 4.99 Å². The van der Waals surface area contributed by atoms with Gasteiger partial charge < -0.3 is 5.32 Å². The molecule has 3 nitrogen and oxygen atoms in total. The number of rotatable bonds is 4. The highest BCUT2D eigenvalue weighted by Gasteiger charge is 2.26. The molecule has 122 valence electrons. The molecule has 1 atom stereocenters. The summed E-state index contributed by atoms with van der Waals surface area (Å²) in [6, 6.07) is 27.3. The Bertz CT molecular complexity index is 917. The standard InChI is InChI=1S/C22H18N2O/c25-21(16-9-3-1-4-10-16)15-20-22(17-11-5-2-6-12-17)24-19-14-8-7-13-18(19)23-20/h1-14,20,23H,15H2. The monoisotopic (exact) mass is 326 g/mol. The molecule has 1 aliphatic rings. The number of aliphatic imine (C=N–C) groups is 1. The van der Waals surface area contributed by atoms with Gasteiger partial charge in [0.05, 0.1) is 23.1 Å². The van der Waals surface area contributed by atoms with Crippen LogP contribution in [-0.2, 0) is 0 Å². The minimum absolute atomic E-state index is 0.112. The summed E-state index contributed by atoms with van der Waals surface area (Å²) in [7, 11) is 0. The topological polar surface area (TPSA) is 41.5 Å². The van der Waals surface area contributed by atoms with Crippen LogP contribution in [0.1, 0.15) is 22.3 Å². The minimum Gasteiger partial charge on any atom is -0.374 e. The highest BCUT2D eigenvalue weighted by atomic mass is 16.1. The van der Waals surface area contributed by atoms with E-state index >= 15 is 0 Å². The molecule has 4 rings (SSSR count). The van der Waals surface area contributed by atoms with E-state index in [-0.39, 0.29) is 11.8 Å². The number of carbonyl (C=O) groups excluding carboxylic acids is 1. The number of benzene rings is 3. The maximum atomic E-state index is 12.7. The summed E-state index contributed by atoms with van der Waals surface area (Å²) in [5.41, 5.74) is 4.55. The van der Waals surface area contributed by atoms with E-state index in [0.29, 0.717) is 6.42 Å². The van der Waals surface area contributed by atoms with Gasteiger partial charge in [0.15, 0.2) is 5.78 Å². The first-order valence-electron chi connectivity index (χ1n) is 8.39. The quantitative estimate of drug-likeness (QED) is 0.695. The van der Waals surface area contributed by atoms with Crippen molar-refractivity contribution in [3.63, 3.8) is 0 Å². The van der Waals surface area contributed by atoms with E-state index in [0.717, 1.165) is 28.2 Å². The van der Waals surface area contributed by atoms with Crippen LogP contribution in [0.4, 0.5) is 11.4 Å². The Morgan fingerprint density at radius 3 is 2.24 bits per heavy atom. The van der Waals surface area contributed by atoms with Crippen molar-refractivity contribution < 1.29 is 4.79 Å². The molecule has 0 aliphatic carbocycles. The molecule has 0 saturated heterocycles. The highest BCUT2D eigenvalue weighted by Crippen LogP contribution is 2.32. The van der Waals surface area contributed by atoms with E-state index in [9.17, 15) is 4.79 Å². The molecule has 3 aromatic rings. The first kappa shape index (κ1) is 15.3. The molecule has 0 spiro atoms. The number of carbonyl (C=O) groups is 1. The van der Waals surface area contributed by atoms with E-state index < -0.39 is 0 Å². The van der Waals surface area contributed by atoms with Crippen LogP contribution >= 0.6 is 0 Å². The van der Waals surface area contributed by atoms with Crippen LogP contribution in [0.25, 0.3) is 0 Å². The summed E-state index contributed by atoms with van der Waals surface area (Å²) in [6.45, 7) is 0. The highest BCUT2D eigenvalue weighted by molar-refractivity contribution is 6.12. The minimum atomic E-state index is -0.148. The molecule has 3 heteroatoms. The second kappa shape index (κ2) is 6.73. The largest absolute Gasteiger partial charge is 0.374 e. The molecule has 1 N–H and O–H groups in total. The Hall–Kier alpha value is -3.20. The van der Waals surface area contributed by atoms with Gasteiger partial charge in [-0.15, -0.1) is 0 Å². The number of nitrogens with one attached hydrogen (secondary N) is 1. The fourth-order valence-electron chi connectivity index (χ4n) is 3.11. The lowest BCUT2D eigenvalue weighted by Crippen LogP contribution is -2.34. The number of hydrogen-bond acceptors (Lipinski definition) is 3. The molecule has 0 fully saturated rings. The summed E-state index contributed by atoms with van der Waals surface area (Å²) >= 11 is 0. The summed E-state index contributed by atoms with van der Waals surface area (Å²) < 4.78 is 0. The third-order valence-corrected chi connectivity index (χ3v) is 4.36. The van der Waals surface area contributed by atoms with Crippen molar-refractivity contribution in [3.8, 4) is 0 Å². The van der Waals surface area contributed by atoms with Crippen molar-refractivity contribution in [3.05, 3.63) is 96.1 Å². The summed E-state index contributed by atoms with van der Waals surface area (Å²) in [6.07, 6.45) is 0.367. The molecule has 1 unspecified atom stereocenters. The zero-order valence-corrected chi connectivity index (χ0v) is 13.7. The van der Waals surface area contributed by atoms with Gasteiger partial charge in [-0.05, 0) is 17.7 Å². The smallest absolute Gasteiger partial charge is 0.165 e. The number of anilines is 1. The maximum absolute atomic E-state index is 12.7. The average Bonchev–Trinajstić information content (AvgIpc) is 2.69. The van der Waals surface area contributed by atoms with Gasteiger partial charge in [0, 0.05) is 12.0 Å². The van der Waals surface area contributed by atoms with E-state index in [2.05, 4.69) is 5.32 Å². The van der Waals surface area contributed by atoms with Gasteiger partial charge in [0.1, 0.15) is 0 Å². The van der Waals surface area contributed by atoms with Crippen molar-refractivity contribution in [2.45, 2.75) is 12.5 Å². The first-order chi connectivity index (χ1) is 12.3. The van der Waals surface area contributed by atoms with Crippen LogP contribution in [0.3, 0.4) is 0 Å². The van der Waals surface area contributed by atoms with Crippen LogP contribution in [0.15, 0.2) is 89.9 Å². The molecule has 0 amide bonds. The lowest BCUT2D eigenvalue weighted by atomic mass is 9.94. The van der Waals surface area contributed by atoms with Gasteiger partial charge in [0.2, 0.25) is 0 Å². The molecule has 0 aromatic heterocycles. The van der Waals surface area contributed by atoms with Crippen molar-refractivity contribution >= 4 is 22.9 Å². The summed E-state index contributed by atoms with van der Waals surface area (Å²) in [5.74, 6) is 0.112. The number of fused-ring (bicyclic) bond motifs is 1. The average molecular weight is 326 g/mol. The number of para-hydroxylation sites is 2. The third-order valence-electron chi connectivity index (χ3n) is 4.36. The Morgan fingerprint density at radius 2 is 1.48 bits per heavy atom. The second-order valence-corrected chi connectivity index (χ2v) is 6.07. The zero-order valence-electron chi connectivity index (χ0n) is 13.7. The number of ketones is 1. The molecule has 1 aliphatic heterocycles. The predicted molar refractivity (Wildman–Crippen MR) is 102 cm³/mol. The van der Waals surface area contributed by atoms with Crippen molar-refractivity contribution in [2.24, 2.45) is 4.99 Å². The third kappa shape index (κ3) is 3.22. The number of nitrogens with zero attached hydrogens (tertiary/aromatic N) is 1. The molecule has 1 heterocycles. The molecule has 0 saturated carbocycles. The van der Waals surface area contributed by atoms with Gasteiger partial charge >= 0.3 is 0 Å². The molecular formula is C22H18N2O. The van der Waals surface area contributed by atoms with E-state index in [1.54, 1.807) is 0 Å². The van der Waals surface area contributed by atoms with Gasteiger partial charge in [0.25, 0.3) is 0 Å². The van der Waals surface area contributed by atoms with Gasteiger partial charge in [-0.3, -0.25) is 4.79 Å². The lowest BCUT2D eigenvalue weighted by Gasteiger charge is -2.27. The zero-order chi connectivity index (χ0) is 17.1. The Labute approximate surface area is 147 Å². The fraction of sp³-hybridized carbons (Fsp3) is 0.0909. The van der Waals surface area contributed by atoms with Crippen LogP contribution in [0.5, 0.6) is 0 Å². The Kier molecular flexibility index (Phi) is 4.13. The molecule has 0 bridgehead atoms. The first-order valence-corrected chi connectivity index (χ1v) is 8.39. The molecule has 3 aromatic carbocycles. The number of hydrogen-bond donors (Lipinski definition) is 1. The van der Waals surface area contributed by atoms with E-state index in [1.165, 1.54) is 0 Å². The van der Waals surface area contributed by atoms with Gasteiger partial charge in [-0.1, -0.05) is 72.8 Å². The lowest BCUT2D eigenvalue weighted by molar-refractivity contribution is 0.0982. The predicted octanol–water partition coefficient (Wildman–Crippen LogP) is 4.87. The molecular weight excluding hydrogens is 308 g/mol. The van der Waals surface area contributed by atoms with Crippen LogP contribution in [0, 0.1) is 0 Å². The van der Waals surface area contributed by atoms with Crippen molar-refractivity contribution in [1.29, 1.82) is 0 Å². The Morgan fingerprint density at radius 1 is 0.840 bits per heavy atom. The second-order valence-electron chi connectivity index (χ2n) is 6.07. The fourth-order valence-corrected chi connectivity index (χ4v) is 3.11. The van der Waals surface area contributed by atoms with Gasteiger partial charge in [-0.2, -0.15) is 0 Å². The molecule has 25 heavy (non-hydrogen) atoms. The van der Waals surface area contributed by atoms with Crippen LogP contribution in [-0.4, -0.2) is 17.5 Å². The normalized spacial score (nSPS) is 15.7. The van der Waals surface area contributed by atoms with Crippen LogP contribution < -0.4 is 5.32 Å². The Balaban J connectivity index is 1.69.